The van der Waals surface area contributed by atoms with E-state index < -0.39 is 11.7 Å². The number of amides is 2. The smallest absolute Gasteiger partial charge is 0.232 e. The van der Waals surface area contributed by atoms with Gasteiger partial charge in [0.15, 0.2) is 0 Å². The average Bonchev–Trinajstić information content (AvgIpc) is 3.10. The lowest BCUT2D eigenvalue weighted by Gasteiger charge is -2.09. The SMILES string of the molecule is O=C(CC1C(=O)Nc2c(F)cccc21)NCCc1ncn[nH]1. The number of hydrogen-bond donors (Lipinski definition) is 3. The number of halogens is 1. The maximum Gasteiger partial charge on any atom is 0.232 e. The first-order valence-electron chi connectivity index (χ1n) is 6.85. The Bertz CT molecular complexity index is 701. The van der Waals surface area contributed by atoms with Crippen molar-refractivity contribution in [3.8, 4) is 0 Å². The van der Waals surface area contributed by atoms with Crippen LogP contribution in [0.15, 0.2) is 24.5 Å². The molecule has 2 amide bonds. The molecular formula is C14H14FN5O2. The van der Waals surface area contributed by atoms with Crippen molar-refractivity contribution in [3.63, 3.8) is 0 Å². The van der Waals surface area contributed by atoms with Crippen LogP contribution in [0.2, 0.25) is 0 Å². The fraction of sp³-hybridized carbons (Fsp3) is 0.286. The van der Waals surface area contributed by atoms with Crippen LogP contribution in [0, 0.1) is 5.82 Å². The number of rotatable bonds is 5. The molecule has 0 fully saturated rings. The number of aromatic nitrogens is 3. The van der Waals surface area contributed by atoms with Gasteiger partial charge in [-0.2, -0.15) is 5.10 Å². The van der Waals surface area contributed by atoms with E-state index in [1.165, 1.54) is 18.5 Å². The summed E-state index contributed by atoms with van der Waals surface area (Å²) in [5.41, 5.74) is 0.697. The molecule has 114 valence electrons. The zero-order valence-corrected chi connectivity index (χ0v) is 11.6. The Balaban J connectivity index is 1.58. The Morgan fingerprint density at radius 2 is 2.27 bits per heavy atom. The zero-order valence-electron chi connectivity index (χ0n) is 11.6. The Hall–Kier alpha value is -2.77. The van der Waals surface area contributed by atoms with Crippen LogP contribution in [-0.2, 0) is 16.0 Å². The van der Waals surface area contributed by atoms with Crippen molar-refractivity contribution < 1.29 is 14.0 Å². The topological polar surface area (TPSA) is 99.8 Å². The highest BCUT2D eigenvalue weighted by atomic mass is 19.1. The second-order valence-electron chi connectivity index (χ2n) is 4.98. The fourth-order valence-electron chi connectivity index (χ4n) is 2.45. The standard InChI is InChI=1S/C14H14FN5O2/c15-10-3-1-2-8-9(14(22)19-13(8)10)6-12(21)16-5-4-11-17-7-18-20-11/h1-3,7,9H,4-6H2,(H,16,21)(H,19,22)(H,17,18,20). The summed E-state index contributed by atoms with van der Waals surface area (Å²) < 4.78 is 13.6. The van der Waals surface area contributed by atoms with Gasteiger partial charge in [0.05, 0.1) is 11.6 Å². The summed E-state index contributed by atoms with van der Waals surface area (Å²) in [5.74, 6) is -1.09. The van der Waals surface area contributed by atoms with Gasteiger partial charge < -0.3 is 10.6 Å². The number of H-pyrrole nitrogens is 1. The lowest BCUT2D eigenvalue weighted by Crippen LogP contribution is -2.29. The molecule has 2 heterocycles. The van der Waals surface area contributed by atoms with Crippen molar-refractivity contribution >= 4 is 17.5 Å². The number of carbonyl (C=O) groups excluding carboxylic acids is 2. The van der Waals surface area contributed by atoms with Gasteiger partial charge in [-0.05, 0) is 11.6 Å². The van der Waals surface area contributed by atoms with E-state index in [0.717, 1.165) is 0 Å². The number of nitrogens with one attached hydrogen (secondary N) is 3. The Morgan fingerprint density at radius 3 is 3.05 bits per heavy atom. The second-order valence-corrected chi connectivity index (χ2v) is 4.98. The summed E-state index contributed by atoms with van der Waals surface area (Å²) in [6, 6.07) is 4.46. The molecule has 3 rings (SSSR count). The molecule has 1 aromatic carbocycles. The summed E-state index contributed by atoms with van der Waals surface area (Å²) in [6.45, 7) is 0.387. The van der Waals surface area contributed by atoms with Gasteiger partial charge in [0.1, 0.15) is 18.0 Å². The first-order valence-corrected chi connectivity index (χ1v) is 6.85. The zero-order chi connectivity index (χ0) is 15.5. The third-order valence-corrected chi connectivity index (χ3v) is 3.52. The number of fused-ring (bicyclic) bond motifs is 1. The second kappa shape index (κ2) is 5.92. The molecule has 7 nitrogen and oxygen atoms in total. The van der Waals surface area contributed by atoms with Gasteiger partial charge in [0, 0.05) is 19.4 Å². The van der Waals surface area contributed by atoms with E-state index in [2.05, 4.69) is 25.8 Å². The van der Waals surface area contributed by atoms with Crippen molar-refractivity contribution in [1.29, 1.82) is 0 Å². The van der Waals surface area contributed by atoms with E-state index in [1.807, 2.05) is 0 Å². The minimum absolute atomic E-state index is 0.0152. The monoisotopic (exact) mass is 303 g/mol. The highest BCUT2D eigenvalue weighted by molar-refractivity contribution is 6.05. The number of nitrogens with zero attached hydrogens (tertiary/aromatic N) is 2. The predicted molar refractivity (Wildman–Crippen MR) is 75.5 cm³/mol. The molecule has 1 aromatic heterocycles. The maximum atomic E-state index is 13.6. The fourth-order valence-corrected chi connectivity index (χ4v) is 2.45. The first kappa shape index (κ1) is 14.2. The van der Waals surface area contributed by atoms with Crippen LogP contribution >= 0.6 is 0 Å². The van der Waals surface area contributed by atoms with Gasteiger partial charge in [-0.1, -0.05) is 12.1 Å². The van der Waals surface area contributed by atoms with Gasteiger partial charge in [0.2, 0.25) is 11.8 Å². The minimum atomic E-state index is -0.657. The van der Waals surface area contributed by atoms with Gasteiger partial charge in [-0.3, -0.25) is 14.7 Å². The molecule has 1 aliphatic rings. The summed E-state index contributed by atoms with van der Waals surface area (Å²) >= 11 is 0. The number of para-hydroxylation sites is 1. The molecule has 0 spiro atoms. The van der Waals surface area contributed by atoms with Gasteiger partial charge in [0.25, 0.3) is 0 Å². The van der Waals surface area contributed by atoms with Crippen LogP contribution < -0.4 is 10.6 Å². The van der Waals surface area contributed by atoms with Crippen LogP contribution in [0.1, 0.15) is 23.7 Å². The molecule has 3 N–H and O–H groups in total. The van der Waals surface area contributed by atoms with Crippen molar-refractivity contribution in [2.45, 2.75) is 18.8 Å². The molecule has 1 atom stereocenters. The highest BCUT2D eigenvalue weighted by Crippen LogP contribution is 2.36. The maximum absolute atomic E-state index is 13.6. The van der Waals surface area contributed by atoms with Crippen molar-refractivity contribution in [1.82, 2.24) is 20.5 Å². The number of aromatic amines is 1. The van der Waals surface area contributed by atoms with Crippen LogP contribution in [0.5, 0.6) is 0 Å². The highest BCUT2D eigenvalue weighted by Gasteiger charge is 2.33. The Labute approximate surface area is 125 Å². The molecule has 2 aromatic rings. The lowest BCUT2D eigenvalue weighted by molar-refractivity contribution is -0.125. The van der Waals surface area contributed by atoms with Crippen LogP contribution in [-0.4, -0.2) is 33.5 Å². The third kappa shape index (κ3) is 2.80. The summed E-state index contributed by atoms with van der Waals surface area (Å²) in [4.78, 5) is 27.8. The summed E-state index contributed by atoms with van der Waals surface area (Å²) in [7, 11) is 0. The third-order valence-electron chi connectivity index (χ3n) is 3.52. The van der Waals surface area contributed by atoms with Crippen molar-refractivity contribution in [2.75, 3.05) is 11.9 Å². The van der Waals surface area contributed by atoms with E-state index in [0.29, 0.717) is 24.4 Å². The molecule has 1 aliphatic heterocycles. The molecular weight excluding hydrogens is 289 g/mol. The molecule has 8 heteroatoms. The predicted octanol–water partition coefficient (Wildman–Crippen LogP) is 0.728. The Kier molecular flexibility index (Phi) is 3.82. The van der Waals surface area contributed by atoms with Gasteiger partial charge >= 0.3 is 0 Å². The Morgan fingerprint density at radius 1 is 1.41 bits per heavy atom. The lowest BCUT2D eigenvalue weighted by atomic mass is 9.97. The summed E-state index contributed by atoms with van der Waals surface area (Å²) in [6.07, 6.45) is 1.90. The molecule has 0 saturated heterocycles. The average molecular weight is 303 g/mol. The number of carbonyl (C=O) groups is 2. The molecule has 0 bridgehead atoms. The van der Waals surface area contributed by atoms with E-state index in [1.54, 1.807) is 6.07 Å². The number of benzene rings is 1. The van der Waals surface area contributed by atoms with Crippen molar-refractivity contribution in [2.24, 2.45) is 0 Å². The van der Waals surface area contributed by atoms with Crippen LogP contribution in [0.25, 0.3) is 0 Å². The molecule has 0 saturated carbocycles. The van der Waals surface area contributed by atoms with Gasteiger partial charge in [-0.25, -0.2) is 9.37 Å². The van der Waals surface area contributed by atoms with Crippen LogP contribution in [0.3, 0.4) is 0 Å². The summed E-state index contributed by atoms with van der Waals surface area (Å²) in [5, 5.41) is 11.6. The van der Waals surface area contributed by atoms with E-state index in [4.69, 9.17) is 0 Å². The number of hydrogen-bond acceptors (Lipinski definition) is 4. The molecule has 22 heavy (non-hydrogen) atoms. The van der Waals surface area contributed by atoms with Crippen LogP contribution in [0.4, 0.5) is 10.1 Å². The molecule has 0 aliphatic carbocycles. The largest absolute Gasteiger partial charge is 0.356 e. The van der Waals surface area contributed by atoms with E-state index >= 15 is 0 Å². The minimum Gasteiger partial charge on any atom is -0.356 e. The van der Waals surface area contributed by atoms with E-state index in [-0.39, 0.29) is 23.9 Å². The quantitative estimate of drug-likeness (QED) is 0.758. The molecule has 1 unspecified atom stereocenters. The normalized spacial score (nSPS) is 16.2. The van der Waals surface area contributed by atoms with Gasteiger partial charge in [-0.15, -0.1) is 0 Å². The first-order chi connectivity index (χ1) is 10.6. The number of anilines is 1. The molecule has 0 radical (unpaired) electrons. The van der Waals surface area contributed by atoms with E-state index in [9.17, 15) is 14.0 Å². The van der Waals surface area contributed by atoms with Crippen molar-refractivity contribution in [3.05, 3.63) is 41.7 Å².